The Morgan fingerprint density at radius 2 is 1.71 bits per heavy atom. The van der Waals surface area contributed by atoms with Crippen molar-refractivity contribution in [3.05, 3.63) is 88.2 Å². The molecule has 1 aliphatic rings. The van der Waals surface area contributed by atoms with E-state index in [4.69, 9.17) is 26.8 Å². The van der Waals surface area contributed by atoms with E-state index in [0.717, 1.165) is 25.7 Å². The van der Waals surface area contributed by atoms with Gasteiger partial charge in [0, 0.05) is 40.5 Å². The highest BCUT2D eigenvalue weighted by Gasteiger charge is 2.29. The van der Waals surface area contributed by atoms with E-state index in [1.165, 1.54) is 31.4 Å². The zero-order chi connectivity index (χ0) is 27.2. The van der Waals surface area contributed by atoms with Gasteiger partial charge in [0.15, 0.2) is 11.5 Å². The van der Waals surface area contributed by atoms with Crippen molar-refractivity contribution in [3.8, 4) is 11.5 Å². The Morgan fingerprint density at radius 3 is 2.39 bits per heavy atom. The maximum atomic E-state index is 13.8. The first-order valence-electron chi connectivity index (χ1n) is 12.4. The van der Waals surface area contributed by atoms with Crippen molar-refractivity contribution in [1.82, 2.24) is 4.90 Å². The Balaban J connectivity index is 1.62. The van der Waals surface area contributed by atoms with Crippen molar-refractivity contribution in [1.29, 1.82) is 0 Å². The summed E-state index contributed by atoms with van der Waals surface area (Å²) in [7, 11) is 3.06. The van der Waals surface area contributed by atoms with Crippen LogP contribution in [-0.2, 0) is 6.54 Å². The van der Waals surface area contributed by atoms with E-state index in [1.807, 2.05) is 4.90 Å². The predicted molar refractivity (Wildman–Crippen MR) is 145 cm³/mol. The summed E-state index contributed by atoms with van der Waals surface area (Å²) in [6.45, 7) is 0.232. The largest absolute Gasteiger partial charge is 0.493 e. The molecule has 3 N–H and O–H groups in total. The Labute approximate surface area is 226 Å². The van der Waals surface area contributed by atoms with Crippen molar-refractivity contribution in [2.75, 3.05) is 19.5 Å². The van der Waals surface area contributed by atoms with Crippen molar-refractivity contribution < 1.29 is 23.5 Å². The summed E-state index contributed by atoms with van der Waals surface area (Å²) in [6.07, 6.45) is 3.18. The van der Waals surface area contributed by atoms with Gasteiger partial charge in [-0.05, 0) is 85.8 Å². The first-order chi connectivity index (χ1) is 18.3. The highest BCUT2D eigenvalue weighted by molar-refractivity contribution is 6.31. The summed E-state index contributed by atoms with van der Waals surface area (Å²) in [5, 5.41) is 3.25. The first-order valence-corrected chi connectivity index (χ1v) is 12.8. The van der Waals surface area contributed by atoms with Gasteiger partial charge >= 0.3 is 0 Å². The minimum atomic E-state index is -0.494. The fourth-order valence-electron chi connectivity index (χ4n) is 4.71. The number of nitrogens with one attached hydrogen (secondary N) is 1. The number of carbonyl (C=O) groups excluding carboxylic acids is 2. The number of methoxy groups -OCH3 is 2. The Kier molecular flexibility index (Phi) is 8.86. The number of hydrogen-bond acceptors (Lipinski definition) is 5. The SMILES string of the molecule is COc1ccc(C(=O)N(Cc2cc(NC(=O)c3cccc(F)c3)ccc2Cl)C2CCC(N)CC2)cc1OC. The lowest BCUT2D eigenvalue weighted by molar-refractivity contribution is 0.0606. The Hall–Kier alpha value is -3.62. The maximum absolute atomic E-state index is 13.8. The first kappa shape index (κ1) is 27.4. The molecule has 0 saturated heterocycles. The Bertz CT molecular complexity index is 1310. The predicted octanol–water partition coefficient (Wildman–Crippen LogP) is 5.66. The number of nitrogens with two attached hydrogens (primary N) is 1. The molecule has 0 atom stereocenters. The third-order valence-electron chi connectivity index (χ3n) is 6.80. The molecule has 3 aromatic carbocycles. The van der Waals surface area contributed by atoms with E-state index >= 15 is 0 Å². The van der Waals surface area contributed by atoms with Gasteiger partial charge in [-0.1, -0.05) is 17.7 Å². The van der Waals surface area contributed by atoms with Crippen molar-refractivity contribution in [3.63, 3.8) is 0 Å². The number of halogens is 2. The smallest absolute Gasteiger partial charge is 0.255 e. The lowest BCUT2D eigenvalue weighted by atomic mass is 9.90. The molecule has 9 heteroatoms. The molecule has 200 valence electrons. The molecule has 0 aromatic heterocycles. The number of rotatable bonds is 8. The molecule has 0 heterocycles. The maximum Gasteiger partial charge on any atom is 0.255 e. The van der Waals surface area contributed by atoms with Crippen LogP contribution in [0.4, 0.5) is 10.1 Å². The summed E-state index contributed by atoms with van der Waals surface area (Å²) < 4.78 is 24.3. The topological polar surface area (TPSA) is 93.9 Å². The molecule has 7 nitrogen and oxygen atoms in total. The number of amides is 2. The van der Waals surface area contributed by atoms with Crippen LogP contribution < -0.4 is 20.5 Å². The van der Waals surface area contributed by atoms with Crippen LogP contribution in [0.25, 0.3) is 0 Å². The molecular weight excluding hydrogens is 509 g/mol. The van der Waals surface area contributed by atoms with Crippen LogP contribution in [-0.4, -0.2) is 43.0 Å². The lowest BCUT2D eigenvalue weighted by Crippen LogP contribution is -2.44. The van der Waals surface area contributed by atoms with Crippen LogP contribution in [0.1, 0.15) is 52.0 Å². The molecule has 0 bridgehead atoms. The molecule has 0 unspecified atom stereocenters. The summed E-state index contributed by atoms with van der Waals surface area (Å²) >= 11 is 6.56. The molecule has 0 spiro atoms. The van der Waals surface area contributed by atoms with Crippen LogP contribution >= 0.6 is 11.6 Å². The van der Waals surface area contributed by atoms with Gasteiger partial charge in [-0.25, -0.2) is 4.39 Å². The highest BCUT2D eigenvalue weighted by Crippen LogP contribution is 2.32. The molecule has 3 aromatic rings. The average molecular weight is 540 g/mol. The van der Waals surface area contributed by atoms with Gasteiger partial charge in [-0.3, -0.25) is 9.59 Å². The van der Waals surface area contributed by atoms with Crippen molar-refractivity contribution in [2.45, 2.75) is 44.3 Å². The number of ether oxygens (including phenoxy) is 2. The lowest BCUT2D eigenvalue weighted by Gasteiger charge is -2.36. The molecule has 1 fully saturated rings. The monoisotopic (exact) mass is 539 g/mol. The quantitative estimate of drug-likeness (QED) is 0.385. The van der Waals surface area contributed by atoms with E-state index in [9.17, 15) is 14.0 Å². The molecular formula is C29H31ClFN3O4. The fraction of sp³-hybridized carbons (Fsp3) is 0.310. The van der Waals surface area contributed by atoms with Gasteiger partial charge in [0.05, 0.1) is 14.2 Å². The Morgan fingerprint density at radius 1 is 0.974 bits per heavy atom. The van der Waals surface area contributed by atoms with Crippen molar-refractivity contribution in [2.24, 2.45) is 5.73 Å². The molecule has 1 aliphatic carbocycles. The number of carbonyl (C=O) groups is 2. The minimum absolute atomic E-state index is 0.0306. The second-order valence-electron chi connectivity index (χ2n) is 9.34. The molecule has 0 aliphatic heterocycles. The number of anilines is 1. The summed E-state index contributed by atoms with van der Waals surface area (Å²) in [6, 6.07) is 15.7. The van der Waals surface area contributed by atoms with E-state index in [2.05, 4.69) is 5.32 Å². The molecule has 38 heavy (non-hydrogen) atoms. The zero-order valence-corrected chi connectivity index (χ0v) is 22.1. The molecule has 0 radical (unpaired) electrons. The van der Waals surface area contributed by atoms with Gasteiger partial charge in [-0.15, -0.1) is 0 Å². The highest BCUT2D eigenvalue weighted by atomic mass is 35.5. The van der Waals surface area contributed by atoms with E-state index < -0.39 is 11.7 Å². The van der Waals surface area contributed by atoms with Crippen LogP contribution in [0, 0.1) is 5.82 Å². The van der Waals surface area contributed by atoms with Gasteiger partial charge in [0.1, 0.15) is 5.82 Å². The number of benzene rings is 3. The van der Waals surface area contributed by atoms with Crippen LogP contribution in [0.5, 0.6) is 11.5 Å². The second-order valence-corrected chi connectivity index (χ2v) is 9.75. The van der Waals surface area contributed by atoms with Gasteiger partial charge < -0.3 is 25.4 Å². The third-order valence-corrected chi connectivity index (χ3v) is 7.17. The van der Waals surface area contributed by atoms with Gasteiger partial charge in [0.2, 0.25) is 0 Å². The molecule has 1 saturated carbocycles. The van der Waals surface area contributed by atoms with E-state index in [1.54, 1.807) is 43.5 Å². The zero-order valence-electron chi connectivity index (χ0n) is 21.4. The van der Waals surface area contributed by atoms with E-state index in [-0.39, 0.29) is 30.1 Å². The standard InChI is InChI=1S/C29H31ClFN3O4/c1-37-26-13-6-19(16-27(26)38-2)29(36)34(24-10-7-22(32)8-11-24)17-20-15-23(9-12-25(20)30)33-28(35)18-4-3-5-21(31)14-18/h3-6,9,12-16,22,24H,7-8,10-11,17,32H2,1-2H3,(H,33,35). The van der Waals surface area contributed by atoms with Gasteiger partial charge in [-0.2, -0.15) is 0 Å². The van der Waals surface area contributed by atoms with Crippen LogP contribution in [0.15, 0.2) is 60.7 Å². The van der Waals surface area contributed by atoms with Crippen LogP contribution in [0.3, 0.4) is 0 Å². The minimum Gasteiger partial charge on any atom is -0.493 e. The third kappa shape index (κ3) is 6.44. The summed E-state index contributed by atoms with van der Waals surface area (Å²) in [5.41, 5.74) is 7.96. The summed E-state index contributed by atoms with van der Waals surface area (Å²) in [4.78, 5) is 28.3. The van der Waals surface area contributed by atoms with Crippen LogP contribution in [0.2, 0.25) is 5.02 Å². The number of nitrogens with zero attached hydrogens (tertiary/aromatic N) is 1. The fourth-order valence-corrected chi connectivity index (χ4v) is 4.88. The van der Waals surface area contributed by atoms with Crippen molar-refractivity contribution >= 4 is 29.1 Å². The number of hydrogen-bond donors (Lipinski definition) is 2. The second kappa shape index (κ2) is 12.3. The molecule has 2 amide bonds. The normalized spacial score (nSPS) is 17.0. The summed E-state index contributed by atoms with van der Waals surface area (Å²) in [5.74, 6) is -0.118. The molecule has 4 rings (SSSR count). The van der Waals surface area contributed by atoms with Gasteiger partial charge in [0.25, 0.3) is 11.8 Å². The van der Waals surface area contributed by atoms with E-state index in [0.29, 0.717) is 33.3 Å². The average Bonchev–Trinajstić information content (AvgIpc) is 2.93.